The summed E-state index contributed by atoms with van der Waals surface area (Å²) < 4.78 is 1.00. The lowest BCUT2D eigenvalue weighted by Crippen LogP contribution is -2.55. The van der Waals surface area contributed by atoms with E-state index in [1.54, 1.807) is 0 Å². The molecule has 1 heterocycles. The fraction of sp³-hybridized carbons (Fsp3) is 0.722. The predicted octanol–water partition coefficient (Wildman–Crippen LogP) is 4.35. The maximum atomic E-state index is 11.0. The normalized spacial score (nSPS) is 42.2. The quantitative estimate of drug-likeness (QED) is 0.879. The first-order valence-electron chi connectivity index (χ1n) is 8.24. The van der Waals surface area contributed by atoms with E-state index in [1.165, 1.54) is 38.5 Å². The van der Waals surface area contributed by atoms with Gasteiger partial charge in [-0.2, -0.15) is 0 Å². The standard InChI is InChI=1S/C18H24BrNO/c1-17-5-13-2-14(6-17)8-18(7-13,11-17)16(21)4-12-3-15(19)10-20-9-12/h3,9-10,13-14,16,21H,2,4-8,11H2,1H3. The van der Waals surface area contributed by atoms with E-state index in [2.05, 4.69) is 33.9 Å². The molecule has 0 saturated heterocycles. The first kappa shape index (κ1) is 14.2. The molecule has 1 aromatic heterocycles. The van der Waals surface area contributed by atoms with Crippen molar-refractivity contribution in [2.45, 2.75) is 58.0 Å². The number of aliphatic hydroxyl groups is 1. The number of pyridine rings is 1. The third-order valence-corrected chi connectivity index (χ3v) is 6.73. The van der Waals surface area contributed by atoms with Crippen molar-refractivity contribution in [3.8, 4) is 0 Å². The lowest BCUT2D eigenvalue weighted by atomic mass is 9.43. The smallest absolute Gasteiger partial charge is 0.0637 e. The van der Waals surface area contributed by atoms with E-state index in [0.29, 0.717) is 5.41 Å². The van der Waals surface area contributed by atoms with Crippen LogP contribution in [0.15, 0.2) is 22.9 Å². The Morgan fingerprint density at radius 1 is 1.29 bits per heavy atom. The Hall–Kier alpha value is -0.410. The van der Waals surface area contributed by atoms with Crippen molar-refractivity contribution in [3.05, 3.63) is 28.5 Å². The lowest BCUT2D eigenvalue weighted by Gasteiger charge is -2.62. The van der Waals surface area contributed by atoms with Gasteiger partial charge in [-0.15, -0.1) is 0 Å². The Bertz CT molecular complexity index is 544. The van der Waals surface area contributed by atoms with Gasteiger partial charge >= 0.3 is 0 Å². The van der Waals surface area contributed by atoms with Gasteiger partial charge in [-0.1, -0.05) is 6.92 Å². The summed E-state index contributed by atoms with van der Waals surface area (Å²) in [4.78, 5) is 4.24. The minimum Gasteiger partial charge on any atom is -0.392 e. The van der Waals surface area contributed by atoms with E-state index < -0.39 is 0 Å². The number of hydrogen-bond acceptors (Lipinski definition) is 2. The van der Waals surface area contributed by atoms with Crippen LogP contribution >= 0.6 is 15.9 Å². The van der Waals surface area contributed by atoms with Gasteiger partial charge in [0.1, 0.15) is 0 Å². The average molecular weight is 350 g/mol. The highest BCUT2D eigenvalue weighted by molar-refractivity contribution is 9.10. The third-order valence-electron chi connectivity index (χ3n) is 6.30. The van der Waals surface area contributed by atoms with Gasteiger partial charge in [0.25, 0.3) is 0 Å². The van der Waals surface area contributed by atoms with E-state index in [1.807, 2.05) is 12.4 Å². The van der Waals surface area contributed by atoms with Gasteiger partial charge in [0.05, 0.1) is 6.10 Å². The zero-order chi connectivity index (χ0) is 14.7. The van der Waals surface area contributed by atoms with Gasteiger partial charge < -0.3 is 5.11 Å². The molecule has 0 aliphatic heterocycles. The molecule has 3 heteroatoms. The largest absolute Gasteiger partial charge is 0.392 e. The van der Waals surface area contributed by atoms with E-state index in [0.717, 1.165) is 28.3 Å². The van der Waals surface area contributed by atoms with Crippen molar-refractivity contribution in [1.82, 2.24) is 4.98 Å². The molecular formula is C18H24BrNO. The van der Waals surface area contributed by atoms with Crippen LogP contribution in [0.5, 0.6) is 0 Å². The number of aromatic nitrogens is 1. The molecule has 0 radical (unpaired) electrons. The van der Waals surface area contributed by atoms with Crippen molar-refractivity contribution in [2.75, 3.05) is 0 Å². The SMILES string of the molecule is CC12CC3CC(C1)CC(C(O)Cc1cncc(Br)c1)(C3)C2. The summed E-state index contributed by atoms with van der Waals surface area (Å²) >= 11 is 3.48. The molecule has 4 fully saturated rings. The van der Waals surface area contributed by atoms with Crippen LogP contribution in [0.25, 0.3) is 0 Å². The fourth-order valence-corrected chi connectivity index (χ4v) is 6.61. The van der Waals surface area contributed by atoms with Crippen LogP contribution in [0.1, 0.15) is 51.0 Å². The summed E-state index contributed by atoms with van der Waals surface area (Å²) in [6.45, 7) is 2.46. The molecule has 0 amide bonds. The molecule has 3 unspecified atom stereocenters. The van der Waals surface area contributed by atoms with Gasteiger partial charge in [-0.05, 0) is 88.8 Å². The molecule has 114 valence electrons. The maximum Gasteiger partial charge on any atom is 0.0637 e. The molecule has 4 aliphatic rings. The maximum absolute atomic E-state index is 11.0. The van der Waals surface area contributed by atoms with E-state index >= 15 is 0 Å². The number of aliphatic hydroxyl groups excluding tert-OH is 1. The minimum absolute atomic E-state index is 0.182. The van der Waals surface area contributed by atoms with Gasteiger partial charge in [0, 0.05) is 23.3 Å². The van der Waals surface area contributed by atoms with Gasteiger partial charge in [-0.25, -0.2) is 0 Å². The first-order chi connectivity index (χ1) is 9.96. The van der Waals surface area contributed by atoms with Crippen molar-refractivity contribution >= 4 is 15.9 Å². The van der Waals surface area contributed by atoms with Crippen LogP contribution in [0.4, 0.5) is 0 Å². The fourth-order valence-electron chi connectivity index (χ4n) is 6.20. The van der Waals surface area contributed by atoms with Crippen LogP contribution in [0.3, 0.4) is 0 Å². The monoisotopic (exact) mass is 349 g/mol. The molecule has 2 nitrogen and oxygen atoms in total. The Morgan fingerprint density at radius 3 is 2.62 bits per heavy atom. The Labute approximate surface area is 135 Å². The second-order valence-electron chi connectivity index (χ2n) is 8.37. The molecular weight excluding hydrogens is 326 g/mol. The highest BCUT2D eigenvalue weighted by atomic mass is 79.9. The van der Waals surface area contributed by atoms with Crippen LogP contribution in [-0.2, 0) is 6.42 Å². The number of nitrogens with zero attached hydrogens (tertiary/aromatic N) is 1. The van der Waals surface area contributed by atoms with Gasteiger partial charge in [0.15, 0.2) is 0 Å². The number of hydrogen-bond donors (Lipinski definition) is 1. The van der Waals surface area contributed by atoms with Crippen LogP contribution in [-0.4, -0.2) is 16.2 Å². The molecule has 0 spiro atoms. The van der Waals surface area contributed by atoms with Crippen LogP contribution < -0.4 is 0 Å². The van der Waals surface area contributed by atoms with Crippen LogP contribution in [0.2, 0.25) is 0 Å². The molecule has 3 atom stereocenters. The van der Waals surface area contributed by atoms with Gasteiger partial charge in [0.2, 0.25) is 0 Å². The molecule has 21 heavy (non-hydrogen) atoms. The van der Waals surface area contributed by atoms with Gasteiger partial charge in [-0.3, -0.25) is 4.98 Å². The molecule has 5 rings (SSSR count). The molecule has 4 bridgehead atoms. The highest BCUT2D eigenvalue weighted by Gasteiger charge is 2.58. The third kappa shape index (κ3) is 2.46. The summed E-state index contributed by atoms with van der Waals surface area (Å²) in [5.74, 6) is 1.73. The van der Waals surface area contributed by atoms with Crippen molar-refractivity contribution in [1.29, 1.82) is 0 Å². The lowest BCUT2D eigenvalue weighted by molar-refractivity contribution is -0.152. The van der Waals surface area contributed by atoms with Crippen molar-refractivity contribution in [3.63, 3.8) is 0 Å². The Kier molecular flexibility index (Phi) is 3.24. The molecule has 1 N–H and O–H groups in total. The van der Waals surface area contributed by atoms with E-state index in [4.69, 9.17) is 0 Å². The topological polar surface area (TPSA) is 33.1 Å². The van der Waals surface area contributed by atoms with Crippen molar-refractivity contribution in [2.24, 2.45) is 22.7 Å². The molecule has 0 aromatic carbocycles. The summed E-state index contributed by atoms with van der Waals surface area (Å²) in [6.07, 6.45) is 12.2. The second-order valence-corrected chi connectivity index (χ2v) is 9.28. The molecule has 1 aromatic rings. The van der Waals surface area contributed by atoms with E-state index in [9.17, 15) is 5.11 Å². The predicted molar refractivity (Wildman–Crippen MR) is 86.9 cm³/mol. The Morgan fingerprint density at radius 2 is 2.00 bits per heavy atom. The summed E-state index contributed by atoms with van der Waals surface area (Å²) in [5.41, 5.74) is 1.83. The Balaban J connectivity index is 1.57. The highest BCUT2D eigenvalue weighted by Crippen LogP contribution is 2.66. The number of rotatable bonds is 3. The molecule has 4 saturated carbocycles. The van der Waals surface area contributed by atoms with Crippen molar-refractivity contribution < 1.29 is 5.11 Å². The summed E-state index contributed by atoms with van der Waals surface area (Å²) in [6, 6.07) is 2.10. The zero-order valence-electron chi connectivity index (χ0n) is 12.7. The summed E-state index contributed by atoms with van der Waals surface area (Å²) in [5, 5.41) is 11.0. The summed E-state index contributed by atoms with van der Waals surface area (Å²) in [7, 11) is 0. The average Bonchev–Trinajstić information content (AvgIpc) is 2.35. The second kappa shape index (κ2) is 4.79. The minimum atomic E-state index is -0.209. The van der Waals surface area contributed by atoms with E-state index in [-0.39, 0.29) is 11.5 Å². The molecule has 4 aliphatic carbocycles. The zero-order valence-corrected chi connectivity index (χ0v) is 14.3. The first-order valence-corrected chi connectivity index (χ1v) is 9.03. The number of halogens is 1. The van der Waals surface area contributed by atoms with Crippen LogP contribution in [0, 0.1) is 22.7 Å².